The zero-order valence-electron chi connectivity index (χ0n) is 10.8. The van der Waals surface area contributed by atoms with E-state index in [-0.39, 0.29) is 5.41 Å². The van der Waals surface area contributed by atoms with Crippen LogP contribution in [-0.4, -0.2) is 10.1 Å². The average molecular weight is 251 g/mol. The summed E-state index contributed by atoms with van der Waals surface area (Å²) in [5.41, 5.74) is 7.87. The zero-order chi connectivity index (χ0) is 12.8. The van der Waals surface area contributed by atoms with Crippen LogP contribution in [0.5, 0.6) is 0 Å². The number of thiophene rings is 1. The van der Waals surface area contributed by atoms with Crippen LogP contribution in [0.1, 0.15) is 37.0 Å². The van der Waals surface area contributed by atoms with Gasteiger partial charge in [-0.2, -0.15) is 4.98 Å². The van der Waals surface area contributed by atoms with Gasteiger partial charge in [-0.05, 0) is 19.4 Å². The van der Waals surface area contributed by atoms with E-state index in [0.29, 0.717) is 11.7 Å². The second-order valence-corrected chi connectivity index (χ2v) is 6.45. The molecule has 2 rings (SSSR count). The third-order valence-corrected chi connectivity index (χ3v) is 3.76. The van der Waals surface area contributed by atoms with Crippen LogP contribution in [0.25, 0.3) is 11.5 Å². The van der Waals surface area contributed by atoms with E-state index >= 15 is 0 Å². The molecule has 0 saturated heterocycles. The molecule has 2 aromatic heterocycles. The van der Waals surface area contributed by atoms with Crippen molar-refractivity contribution in [2.75, 3.05) is 5.73 Å². The van der Waals surface area contributed by atoms with Crippen LogP contribution in [0.3, 0.4) is 0 Å². The Balaban J connectivity index is 2.51. The van der Waals surface area contributed by atoms with Gasteiger partial charge in [0.25, 0.3) is 5.89 Å². The topological polar surface area (TPSA) is 64.9 Å². The normalized spacial score (nSPS) is 12.1. The molecule has 0 aromatic carbocycles. The van der Waals surface area contributed by atoms with Crippen LogP contribution in [0, 0.1) is 13.8 Å². The minimum absolute atomic E-state index is 0.116. The van der Waals surface area contributed by atoms with Crippen molar-refractivity contribution in [3.63, 3.8) is 0 Å². The summed E-state index contributed by atoms with van der Waals surface area (Å²) < 4.78 is 5.32. The minimum atomic E-state index is -0.116. The SMILES string of the molecule is Cc1sc(N)c(-c2nc(C(C)(C)C)no2)c1C. The molecule has 92 valence electrons. The third kappa shape index (κ3) is 2.07. The second-order valence-electron chi connectivity index (χ2n) is 5.20. The molecule has 0 radical (unpaired) electrons. The number of rotatable bonds is 1. The van der Waals surface area contributed by atoms with E-state index in [1.54, 1.807) is 11.3 Å². The van der Waals surface area contributed by atoms with Gasteiger partial charge in [0.1, 0.15) is 0 Å². The molecular weight excluding hydrogens is 234 g/mol. The average Bonchev–Trinajstić information content (AvgIpc) is 2.73. The zero-order valence-corrected chi connectivity index (χ0v) is 11.6. The van der Waals surface area contributed by atoms with E-state index in [2.05, 4.69) is 30.9 Å². The van der Waals surface area contributed by atoms with Crippen molar-refractivity contribution in [3.05, 3.63) is 16.3 Å². The van der Waals surface area contributed by atoms with Crippen LogP contribution in [-0.2, 0) is 5.41 Å². The van der Waals surface area contributed by atoms with E-state index in [9.17, 15) is 0 Å². The lowest BCUT2D eigenvalue weighted by Crippen LogP contribution is -2.13. The first-order valence-corrected chi connectivity index (χ1v) is 6.32. The Labute approximate surface area is 105 Å². The third-order valence-electron chi connectivity index (χ3n) is 2.72. The van der Waals surface area contributed by atoms with E-state index < -0.39 is 0 Å². The maximum absolute atomic E-state index is 5.98. The molecular formula is C12H17N3OS. The van der Waals surface area contributed by atoms with Crippen LogP contribution in [0.2, 0.25) is 0 Å². The van der Waals surface area contributed by atoms with Crippen molar-refractivity contribution in [1.82, 2.24) is 10.1 Å². The van der Waals surface area contributed by atoms with Crippen LogP contribution < -0.4 is 5.73 Å². The summed E-state index contributed by atoms with van der Waals surface area (Å²) in [5.74, 6) is 1.23. The van der Waals surface area contributed by atoms with Gasteiger partial charge in [-0.25, -0.2) is 0 Å². The Morgan fingerprint density at radius 3 is 2.29 bits per heavy atom. The summed E-state index contributed by atoms with van der Waals surface area (Å²) >= 11 is 1.56. The number of anilines is 1. The summed E-state index contributed by atoms with van der Waals surface area (Å²) in [6.07, 6.45) is 0. The number of nitrogens with zero attached hydrogens (tertiary/aromatic N) is 2. The number of nitrogen functional groups attached to an aromatic ring is 1. The highest BCUT2D eigenvalue weighted by molar-refractivity contribution is 7.16. The van der Waals surface area contributed by atoms with E-state index in [4.69, 9.17) is 10.3 Å². The standard InChI is InChI=1S/C12H17N3OS/c1-6-7(2)17-9(13)8(6)10-14-11(15-16-10)12(3,4)5/h13H2,1-5H3. The summed E-state index contributed by atoms with van der Waals surface area (Å²) in [5, 5.41) is 4.76. The summed E-state index contributed by atoms with van der Waals surface area (Å²) in [7, 11) is 0. The lowest BCUT2D eigenvalue weighted by Gasteiger charge is -2.10. The Bertz CT molecular complexity index is 549. The molecule has 0 unspecified atom stereocenters. The van der Waals surface area contributed by atoms with Gasteiger partial charge in [-0.15, -0.1) is 11.3 Å². The molecule has 2 N–H and O–H groups in total. The van der Waals surface area contributed by atoms with Gasteiger partial charge in [0.05, 0.1) is 10.6 Å². The Morgan fingerprint density at radius 2 is 1.88 bits per heavy atom. The fourth-order valence-electron chi connectivity index (χ4n) is 1.55. The van der Waals surface area contributed by atoms with E-state index in [1.807, 2.05) is 13.8 Å². The van der Waals surface area contributed by atoms with Gasteiger partial charge in [-0.3, -0.25) is 0 Å². The maximum atomic E-state index is 5.98. The molecule has 2 aromatic rings. The predicted octanol–water partition coefficient (Wildman–Crippen LogP) is 3.29. The number of hydrogen-bond acceptors (Lipinski definition) is 5. The second kappa shape index (κ2) is 3.84. The first kappa shape index (κ1) is 12.1. The molecule has 0 aliphatic carbocycles. The van der Waals surface area contributed by atoms with Gasteiger partial charge in [0, 0.05) is 10.3 Å². The monoisotopic (exact) mass is 251 g/mol. The van der Waals surface area contributed by atoms with Gasteiger partial charge < -0.3 is 10.3 Å². The highest BCUT2D eigenvalue weighted by Gasteiger charge is 2.24. The van der Waals surface area contributed by atoms with Gasteiger partial charge >= 0.3 is 0 Å². The molecule has 0 atom stereocenters. The van der Waals surface area contributed by atoms with Crippen molar-refractivity contribution in [2.45, 2.75) is 40.0 Å². The smallest absolute Gasteiger partial charge is 0.261 e. The van der Waals surface area contributed by atoms with Gasteiger partial charge in [-0.1, -0.05) is 25.9 Å². The minimum Gasteiger partial charge on any atom is -0.390 e. The van der Waals surface area contributed by atoms with Crippen molar-refractivity contribution >= 4 is 16.3 Å². The highest BCUT2D eigenvalue weighted by Crippen LogP contribution is 2.37. The Hall–Kier alpha value is -1.36. The number of nitrogens with two attached hydrogens (primary N) is 1. The van der Waals surface area contributed by atoms with Crippen molar-refractivity contribution in [1.29, 1.82) is 0 Å². The summed E-state index contributed by atoms with van der Waals surface area (Å²) in [6, 6.07) is 0. The van der Waals surface area contributed by atoms with Crippen LogP contribution in [0.15, 0.2) is 4.52 Å². The molecule has 0 saturated carbocycles. The fourth-order valence-corrected chi connectivity index (χ4v) is 2.48. The quantitative estimate of drug-likeness (QED) is 0.844. The molecule has 4 nitrogen and oxygen atoms in total. The molecule has 0 aliphatic heterocycles. The Morgan fingerprint density at radius 1 is 1.24 bits per heavy atom. The first-order valence-electron chi connectivity index (χ1n) is 5.50. The highest BCUT2D eigenvalue weighted by atomic mass is 32.1. The predicted molar refractivity (Wildman–Crippen MR) is 70.2 cm³/mol. The van der Waals surface area contributed by atoms with Crippen molar-refractivity contribution in [3.8, 4) is 11.5 Å². The van der Waals surface area contributed by atoms with Crippen molar-refractivity contribution < 1.29 is 4.52 Å². The van der Waals surface area contributed by atoms with Crippen molar-refractivity contribution in [2.24, 2.45) is 0 Å². The Kier molecular flexibility index (Phi) is 2.73. The molecule has 5 heteroatoms. The lowest BCUT2D eigenvalue weighted by atomic mass is 9.96. The molecule has 0 spiro atoms. The fraction of sp³-hybridized carbons (Fsp3) is 0.500. The van der Waals surface area contributed by atoms with Crippen LogP contribution in [0.4, 0.5) is 5.00 Å². The summed E-state index contributed by atoms with van der Waals surface area (Å²) in [4.78, 5) is 5.62. The molecule has 0 bridgehead atoms. The number of aryl methyl sites for hydroxylation is 1. The molecule has 0 aliphatic rings. The lowest BCUT2D eigenvalue weighted by molar-refractivity contribution is 0.402. The molecule has 2 heterocycles. The van der Waals surface area contributed by atoms with E-state index in [1.165, 1.54) is 4.88 Å². The van der Waals surface area contributed by atoms with Gasteiger partial charge in [0.2, 0.25) is 0 Å². The van der Waals surface area contributed by atoms with Crippen LogP contribution >= 0.6 is 11.3 Å². The first-order chi connectivity index (χ1) is 7.80. The largest absolute Gasteiger partial charge is 0.390 e. The maximum Gasteiger partial charge on any atom is 0.261 e. The molecule has 17 heavy (non-hydrogen) atoms. The number of aromatic nitrogens is 2. The summed E-state index contributed by atoms with van der Waals surface area (Å²) in [6.45, 7) is 10.2. The molecule has 0 amide bonds. The molecule has 0 fully saturated rings. The number of hydrogen-bond donors (Lipinski definition) is 1. The van der Waals surface area contributed by atoms with Gasteiger partial charge in [0.15, 0.2) is 5.82 Å². The van der Waals surface area contributed by atoms with E-state index in [0.717, 1.165) is 16.1 Å².